The molecule has 36 heavy (non-hydrogen) atoms. The number of rotatable bonds is 12. The van der Waals surface area contributed by atoms with Crippen molar-refractivity contribution < 1.29 is 9.47 Å². The molecule has 1 N–H and O–H groups in total. The van der Waals surface area contributed by atoms with Gasteiger partial charge in [-0.05, 0) is 101 Å². The summed E-state index contributed by atoms with van der Waals surface area (Å²) in [7, 11) is 0. The van der Waals surface area contributed by atoms with Crippen LogP contribution in [-0.2, 0) is 13.2 Å². The van der Waals surface area contributed by atoms with Crippen LogP contribution < -0.4 is 14.8 Å². The monoisotopic (exact) mass is 490 g/mol. The first-order valence-corrected chi connectivity index (χ1v) is 14.1. The molecule has 0 aliphatic carbocycles. The van der Waals surface area contributed by atoms with Crippen molar-refractivity contribution in [3.63, 3.8) is 0 Å². The summed E-state index contributed by atoms with van der Waals surface area (Å²) in [5.41, 5.74) is 2.12. The van der Waals surface area contributed by atoms with Gasteiger partial charge in [-0.25, -0.2) is 4.98 Å². The summed E-state index contributed by atoms with van der Waals surface area (Å²) < 4.78 is 14.8. The number of fused-ring (bicyclic) bond motifs is 1. The van der Waals surface area contributed by atoms with E-state index in [1.807, 2.05) is 30.3 Å². The zero-order chi connectivity index (χ0) is 24.4. The topological polar surface area (TPSA) is 51.6 Å². The smallest absolute Gasteiger partial charge is 0.148 e. The number of nitrogens with zero attached hydrogens (tertiary/aromatic N) is 3. The van der Waals surface area contributed by atoms with E-state index in [2.05, 4.69) is 33.0 Å². The number of likely N-dealkylation sites (tertiary alicyclic amines) is 1. The summed E-state index contributed by atoms with van der Waals surface area (Å²) in [5.74, 6) is 3.58. The number of imidazole rings is 1. The number of ether oxygens (including phenoxy) is 2. The molecule has 2 aromatic carbocycles. The first-order valence-electron chi connectivity index (χ1n) is 14.1. The van der Waals surface area contributed by atoms with E-state index in [0.29, 0.717) is 6.61 Å². The third kappa shape index (κ3) is 6.80. The first kappa shape index (κ1) is 25.1. The van der Waals surface area contributed by atoms with Gasteiger partial charge in [-0.1, -0.05) is 30.7 Å². The highest BCUT2D eigenvalue weighted by molar-refractivity contribution is 5.82. The Morgan fingerprint density at radius 3 is 2.53 bits per heavy atom. The molecule has 194 valence electrons. The molecule has 2 saturated heterocycles. The summed E-state index contributed by atoms with van der Waals surface area (Å²) >= 11 is 0. The summed E-state index contributed by atoms with van der Waals surface area (Å²) in [4.78, 5) is 7.63. The fourth-order valence-electron chi connectivity index (χ4n) is 5.67. The molecule has 6 heteroatoms. The molecule has 5 rings (SSSR count). The van der Waals surface area contributed by atoms with Crippen LogP contribution in [0.2, 0.25) is 0 Å². The summed E-state index contributed by atoms with van der Waals surface area (Å²) in [5, 5.41) is 3.48. The van der Waals surface area contributed by atoms with Gasteiger partial charge in [0.15, 0.2) is 0 Å². The lowest BCUT2D eigenvalue weighted by Crippen LogP contribution is -2.31. The van der Waals surface area contributed by atoms with Gasteiger partial charge in [0.05, 0.1) is 12.1 Å². The molecule has 0 bridgehead atoms. The van der Waals surface area contributed by atoms with Gasteiger partial charge in [-0.15, -0.1) is 0 Å². The standard InChI is InChI=1S/C30H42N4O2/c1-3-11-26(12-4-1)36-24-29-32-30-27(34(29)22-8-10-25-15-17-31-18-16-25)13-7-14-28(30)35-23-9-21-33-19-5-2-6-20-33/h1,3-4,7,11-14,25,31H,2,5-6,8-10,15-24H2. The quantitative estimate of drug-likeness (QED) is 0.333. The van der Waals surface area contributed by atoms with Gasteiger partial charge < -0.3 is 24.3 Å². The lowest BCUT2D eigenvalue weighted by molar-refractivity contribution is 0.205. The Balaban J connectivity index is 1.26. The minimum absolute atomic E-state index is 0.459. The maximum Gasteiger partial charge on any atom is 0.148 e. The fourth-order valence-corrected chi connectivity index (χ4v) is 5.67. The van der Waals surface area contributed by atoms with Gasteiger partial charge in [0.2, 0.25) is 0 Å². The summed E-state index contributed by atoms with van der Waals surface area (Å²) in [6, 6.07) is 16.4. The Labute approximate surface area is 216 Å². The van der Waals surface area contributed by atoms with Gasteiger partial charge >= 0.3 is 0 Å². The van der Waals surface area contributed by atoms with Crippen molar-refractivity contribution in [2.45, 2.75) is 64.5 Å². The zero-order valence-electron chi connectivity index (χ0n) is 21.7. The Hall–Kier alpha value is -2.57. The van der Waals surface area contributed by atoms with Crippen molar-refractivity contribution in [1.82, 2.24) is 19.8 Å². The number of para-hydroxylation sites is 2. The van der Waals surface area contributed by atoms with E-state index in [0.717, 1.165) is 79.9 Å². The molecule has 3 aromatic rings. The van der Waals surface area contributed by atoms with Crippen molar-refractivity contribution in [3.8, 4) is 11.5 Å². The van der Waals surface area contributed by atoms with Crippen LogP contribution in [0.3, 0.4) is 0 Å². The average Bonchev–Trinajstić information content (AvgIpc) is 3.30. The van der Waals surface area contributed by atoms with Gasteiger partial charge in [0.1, 0.15) is 29.4 Å². The van der Waals surface area contributed by atoms with E-state index in [-0.39, 0.29) is 0 Å². The Kier molecular flexibility index (Phi) is 9.14. The largest absolute Gasteiger partial charge is 0.491 e. The lowest BCUT2D eigenvalue weighted by Gasteiger charge is -2.26. The maximum absolute atomic E-state index is 6.29. The van der Waals surface area contributed by atoms with Crippen LogP contribution in [0.5, 0.6) is 11.5 Å². The van der Waals surface area contributed by atoms with Crippen molar-refractivity contribution >= 4 is 11.0 Å². The van der Waals surface area contributed by atoms with E-state index < -0.39 is 0 Å². The van der Waals surface area contributed by atoms with Crippen LogP contribution in [0.25, 0.3) is 11.0 Å². The maximum atomic E-state index is 6.29. The Morgan fingerprint density at radius 1 is 0.861 bits per heavy atom. The highest BCUT2D eigenvalue weighted by atomic mass is 16.5. The number of aryl methyl sites for hydroxylation is 1. The number of benzene rings is 2. The van der Waals surface area contributed by atoms with Crippen LogP contribution in [0.1, 0.15) is 57.2 Å². The Bertz CT molecular complexity index is 1060. The zero-order valence-corrected chi connectivity index (χ0v) is 21.7. The molecule has 0 radical (unpaired) electrons. The number of hydrogen-bond donors (Lipinski definition) is 1. The van der Waals surface area contributed by atoms with Crippen LogP contribution in [0.15, 0.2) is 48.5 Å². The fraction of sp³-hybridized carbons (Fsp3) is 0.567. The highest BCUT2D eigenvalue weighted by Crippen LogP contribution is 2.28. The van der Waals surface area contributed by atoms with Crippen molar-refractivity contribution in [1.29, 1.82) is 0 Å². The molecular formula is C30H42N4O2. The minimum atomic E-state index is 0.459. The molecule has 2 aliphatic rings. The van der Waals surface area contributed by atoms with E-state index in [1.165, 1.54) is 51.6 Å². The number of nitrogens with one attached hydrogen (secondary N) is 1. The van der Waals surface area contributed by atoms with Gasteiger partial charge in [0.25, 0.3) is 0 Å². The van der Waals surface area contributed by atoms with Gasteiger partial charge in [-0.3, -0.25) is 0 Å². The molecule has 0 unspecified atom stereocenters. The van der Waals surface area contributed by atoms with E-state index in [4.69, 9.17) is 14.5 Å². The molecule has 1 aromatic heterocycles. The van der Waals surface area contributed by atoms with E-state index in [9.17, 15) is 0 Å². The van der Waals surface area contributed by atoms with Crippen LogP contribution in [0, 0.1) is 5.92 Å². The average molecular weight is 491 g/mol. The minimum Gasteiger partial charge on any atom is -0.491 e. The molecule has 2 aliphatic heterocycles. The third-order valence-electron chi connectivity index (χ3n) is 7.71. The van der Waals surface area contributed by atoms with Gasteiger partial charge in [-0.2, -0.15) is 0 Å². The second kappa shape index (κ2) is 13.1. The number of hydrogen-bond acceptors (Lipinski definition) is 5. The summed E-state index contributed by atoms with van der Waals surface area (Å²) in [6.45, 7) is 8.07. The first-order chi connectivity index (χ1) is 17.9. The molecule has 0 atom stereocenters. The number of piperidine rings is 2. The SMILES string of the molecule is c1ccc(OCc2nc3c(OCCCN4CCCCC4)cccc3n2CCCC2CCNCC2)cc1. The molecule has 0 spiro atoms. The third-order valence-corrected chi connectivity index (χ3v) is 7.71. The van der Waals surface area contributed by atoms with Crippen LogP contribution in [-0.4, -0.2) is 53.8 Å². The highest BCUT2D eigenvalue weighted by Gasteiger charge is 2.17. The van der Waals surface area contributed by atoms with Gasteiger partial charge in [0, 0.05) is 13.1 Å². The molecular weight excluding hydrogens is 448 g/mol. The molecule has 6 nitrogen and oxygen atoms in total. The van der Waals surface area contributed by atoms with Crippen molar-refractivity contribution in [2.24, 2.45) is 5.92 Å². The van der Waals surface area contributed by atoms with Crippen molar-refractivity contribution in [3.05, 3.63) is 54.4 Å². The Morgan fingerprint density at radius 2 is 1.69 bits per heavy atom. The second-order valence-corrected chi connectivity index (χ2v) is 10.3. The second-order valence-electron chi connectivity index (χ2n) is 10.3. The van der Waals surface area contributed by atoms with E-state index >= 15 is 0 Å². The van der Waals surface area contributed by atoms with Crippen molar-refractivity contribution in [2.75, 3.05) is 39.3 Å². The number of aromatic nitrogens is 2. The molecule has 2 fully saturated rings. The van der Waals surface area contributed by atoms with Crippen LogP contribution >= 0.6 is 0 Å². The lowest BCUT2D eigenvalue weighted by atomic mass is 9.93. The van der Waals surface area contributed by atoms with Crippen LogP contribution in [0.4, 0.5) is 0 Å². The molecule has 0 saturated carbocycles. The summed E-state index contributed by atoms with van der Waals surface area (Å²) in [6.07, 6.45) is 10.1. The van der Waals surface area contributed by atoms with E-state index in [1.54, 1.807) is 0 Å². The molecule has 3 heterocycles. The molecule has 0 amide bonds. The predicted octanol–water partition coefficient (Wildman–Crippen LogP) is 5.65. The normalized spacial score (nSPS) is 17.4. The predicted molar refractivity (Wildman–Crippen MR) is 146 cm³/mol.